The Morgan fingerprint density at radius 2 is 2.19 bits per heavy atom. The number of ether oxygens (including phenoxy) is 1. The molecule has 0 amide bonds. The number of fused-ring (bicyclic) bond motifs is 3. The molecule has 0 bridgehead atoms. The maximum absolute atomic E-state index is 6.19. The molecule has 0 aromatic heterocycles. The van der Waals surface area contributed by atoms with E-state index in [1.807, 2.05) is 0 Å². The molecule has 1 aromatic carbocycles. The molecule has 1 aliphatic heterocycles. The zero-order chi connectivity index (χ0) is 11.0. The van der Waals surface area contributed by atoms with Gasteiger partial charge in [0.2, 0.25) is 0 Å². The summed E-state index contributed by atoms with van der Waals surface area (Å²) in [6.07, 6.45) is 5.15. The predicted molar refractivity (Wildman–Crippen MR) is 64.9 cm³/mol. The van der Waals surface area contributed by atoms with E-state index in [2.05, 4.69) is 24.4 Å². The van der Waals surface area contributed by atoms with E-state index in [9.17, 15) is 0 Å². The van der Waals surface area contributed by atoms with Crippen molar-refractivity contribution in [3.63, 3.8) is 0 Å². The van der Waals surface area contributed by atoms with Gasteiger partial charge in [-0.05, 0) is 36.8 Å². The van der Waals surface area contributed by atoms with Crippen molar-refractivity contribution in [2.45, 2.75) is 45.3 Å². The smallest absolute Gasteiger partial charge is 0.127 e. The van der Waals surface area contributed by atoms with Gasteiger partial charge in [-0.25, -0.2) is 0 Å². The second-order valence-corrected chi connectivity index (χ2v) is 4.82. The van der Waals surface area contributed by atoms with Crippen LogP contribution in [0.25, 0.3) is 0 Å². The summed E-state index contributed by atoms with van der Waals surface area (Å²) < 4.78 is 6.19. The molecule has 1 heterocycles. The SMILES string of the molecule is CC[C@@H]1CNCc2ccc3c(c2O1)CCC3. The third-order valence-electron chi connectivity index (χ3n) is 3.74. The van der Waals surface area contributed by atoms with E-state index in [-0.39, 0.29) is 0 Å². The standard InChI is InChI=1S/C14H19NO/c1-2-12-9-15-8-11-7-6-10-4-3-5-13(10)14(11)16-12/h6-7,12,15H,2-5,8-9H2,1H3/t12-/m1/s1. The highest BCUT2D eigenvalue weighted by atomic mass is 16.5. The van der Waals surface area contributed by atoms with Gasteiger partial charge in [-0.15, -0.1) is 0 Å². The molecule has 3 rings (SSSR count). The molecular formula is C14H19NO. The maximum atomic E-state index is 6.19. The van der Waals surface area contributed by atoms with E-state index in [1.165, 1.54) is 41.7 Å². The van der Waals surface area contributed by atoms with E-state index >= 15 is 0 Å². The molecule has 0 spiro atoms. The monoisotopic (exact) mass is 217 g/mol. The van der Waals surface area contributed by atoms with Crippen molar-refractivity contribution in [1.82, 2.24) is 5.32 Å². The first-order chi connectivity index (χ1) is 7.88. The Kier molecular flexibility index (Phi) is 2.60. The predicted octanol–water partition coefficient (Wildman–Crippen LogP) is 2.44. The molecule has 0 fully saturated rings. The fourth-order valence-electron chi connectivity index (χ4n) is 2.77. The third-order valence-corrected chi connectivity index (χ3v) is 3.74. The number of benzene rings is 1. The van der Waals surface area contributed by atoms with E-state index in [1.54, 1.807) is 0 Å². The van der Waals surface area contributed by atoms with Crippen molar-refractivity contribution in [3.8, 4) is 5.75 Å². The fourth-order valence-corrected chi connectivity index (χ4v) is 2.77. The highest BCUT2D eigenvalue weighted by Crippen LogP contribution is 2.35. The molecule has 86 valence electrons. The summed E-state index contributed by atoms with van der Waals surface area (Å²) in [4.78, 5) is 0. The third kappa shape index (κ3) is 1.61. The molecule has 1 aromatic rings. The van der Waals surface area contributed by atoms with Crippen molar-refractivity contribution in [2.75, 3.05) is 6.54 Å². The molecule has 0 saturated heterocycles. The lowest BCUT2D eigenvalue weighted by atomic mass is 10.0. The molecule has 0 saturated carbocycles. The largest absolute Gasteiger partial charge is 0.488 e. The summed E-state index contributed by atoms with van der Waals surface area (Å²) in [7, 11) is 0. The zero-order valence-corrected chi connectivity index (χ0v) is 9.88. The minimum absolute atomic E-state index is 0.341. The molecule has 16 heavy (non-hydrogen) atoms. The number of hydrogen-bond donors (Lipinski definition) is 1. The summed E-state index contributed by atoms with van der Waals surface area (Å²) in [5.74, 6) is 1.20. The lowest BCUT2D eigenvalue weighted by molar-refractivity contribution is 0.200. The van der Waals surface area contributed by atoms with E-state index in [0.717, 1.165) is 19.5 Å². The van der Waals surface area contributed by atoms with Gasteiger partial charge in [0.15, 0.2) is 0 Å². The van der Waals surface area contributed by atoms with Gasteiger partial charge in [0.1, 0.15) is 11.9 Å². The number of aryl methyl sites for hydroxylation is 1. The summed E-state index contributed by atoms with van der Waals surface area (Å²) in [5.41, 5.74) is 4.34. The summed E-state index contributed by atoms with van der Waals surface area (Å²) in [5, 5.41) is 3.47. The molecule has 1 atom stereocenters. The molecule has 2 heteroatoms. The Morgan fingerprint density at radius 3 is 3.06 bits per heavy atom. The van der Waals surface area contributed by atoms with Gasteiger partial charge in [-0.3, -0.25) is 0 Å². The van der Waals surface area contributed by atoms with Crippen LogP contribution in [0.3, 0.4) is 0 Å². The first-order valence-electron chi connectivity index (χ1n) is 6.39. The second kappa shape index (κ2) is 4.10. The van der Waals surface area contributed by atoms with Crippen LogP contribution in [0.5, 0.6) is 5.75 Å². The number of nitrogens with one attached hydrogen (secondary N) is 1. The first kappa shape index (κ1) is 10.2. The fraction of sp³-hybridized carbons (Fsp3) is 0.571. The molecule has 2 nitrogen and oxygen atoms in total. The number of rotatable bonds is 1. The lowest BCUT2D eigenvalue weighted by Gasteiger charge is -2.17. The summed E-state index contributed by atoms with van der Waals surface area (Å²) >= 11 is 0. The van der Waals surface area contributed by atoms with E-state index < -0.39 is 0 Å². The lowest BCUT2D eigenvalue weighted by Crippen LogP contribution is -2.27. The molecule has 1 N–H and O–H groups in total. The normalized spacial score (nSPS) is 23.2. The van der Waals surface area contributed by atoms with Crippen molar-refractivity contribution in [3.05, 3.63) is 28.8 Å². The van der Waals surface area contributed by atoms with Crippen LogP contribution in [0.1, 0.15) is 36.5 Å². The summed E-state index contributed by atoms with van der Waals surface area (Å²) in [6, 6.07) is 4.53. The van der Waals surface area contributed by atoms with Gasteiger partial charge in [-0.2, -0.15) is 0 Å². The maximum Gasteiger partial charge on any atom is 0.127 e. The van der Waals surface area contributed by atoms with Crippen LogP contribution in [0.15, 0.2) is 12.1 Å². The highest BCUT2D eigenvalue weighted by molar-refractivity contribution is 5.49. The first-order valence-corrected chi connectivity index (χ1v) is 6.39. The van der Waals surface area contributed by atoms with Crippen molar-refractivity contribution in [1.29, 1.82) is 0 Å². The Morgan fingerprint density at radius 1 is 1.31 bits per heavy atom. The van der Waals surface area contributed by atoms with Gasteiger partial charge in [-0.1, -0.05) is 19.1 Å². The minimum atomic E-state index is 0.341. The van der Waals surface area contributed by atoms with Crippen LogP contribution in [0.2, 0.25) is 0 Å². The average molecular weight is 217 g/mol. The zero-order valence-electron chi connectivity index (χ0n) is 9.88. The van der Waals surface area contributed by atoms with Gasteiger partial charge in [0, 0.05) is 18.7 Å². The van der Waals surface area contributed by atoms with Crippen molar-refractivity contribution < 1.29 is 4.74 Å². The van der Waals surface area contributed by atoms with E-state index in [0.29, 0.717) is 6.10 Å². The van der Waals surface area contributed by atoms with Gasteiger partial charge >= 0.3 is 0 Å². The molecule has 1 aliphatic carbocycles. The van der Waals surface area contributed by atoms with Crippen LogP contribution in [0.4, 0.5) is 0 Å². The molecular weight excluding hydrogens is 198 g/mol. The Hall–Kier alpha value is -1.02. The van der Waals surface area contributed by atoms with Gasteiger partial charge < -0.3 is 10.1 Å². The molecule has 0 unspecified atom stereocenters. The van der Waals surface area contributed by atoms with Crippen LogP contribution in [-0.2, 0) is 19.4 Å². The van der Waals surface area contributed by atoms with Crippen LogP contribution in [0, 0.1) is 0 Å². The van der Waals surface area contributed by atoms with E-state index in [4.69, 9.17) is 4.74 Å². The topological polar surface area (TPSA) is 21.3 Å². The Bertz CT molecular complexity index is 400. The average Bonchev–Trinajstić information content (AvgIpc) is 2.68. The Labute approximate surface area is 97.0 Å². The van der Waals surface area contributed by atoms with Crippen LogP contribution >= 0.6 is 0 Å². The quantitative estimate of drug-likeness (QED) is 0.780. The Balaban J connectivity index is 2.03. The van der Waals surface area contributed by atoms with Crippen molar-refractivity contribution in [2.24, 2.45) is 0 Å². The molecule has 2 aliphatic rings. The summed E-state index contributed by atoms with van der Waals surface area (Å²) in [6.45, 7) is 4.12. The van der Waals surface area contributed by atoms with Gasteiger partial charge in [0.25, 0.3) is 0 Å². The van der Waals surface area contributed by atoms with Crippen LogP contribution < -0.4 is 10.1 Å². The second-order valence-electron chi connectivity index (χ2n) is 4.82. The minimum Gasteiger partial charge on any atom is -0.488 e. The van der Waals surface area contributed by atoms with Crippen LogP contribution in [-0.4, -0.2) is 12.6 Å². The van der Waals surface area contributed by atoms with Gasteiger partial charge in [0.05, 0.1) is 0 Å². The molecule has 0 radical (unpaired) electrons. The number of hydrogen-bond acceptors (Lipinski definition) is 2. The van der Waals surface area contributed by atoms with Crippen molar-refractivity contribution >= 4 is 0 Å². The highest BCUT2D eigenvalue weighted by Gasteiger charge is 2.23.